The van der Waals surface area contributed by atoms with Crippen molar-refractivity contribution in [3.05, 3.63) is 76.0 Å². The summed E-state index contributed by atoms with van der Waals surface area (Å²) >= 11 is 1.35. The van der Waals surface area contributed by atoms with Gasteiger partial charge in [0.15, 0.2) is 0 Å². The van der Waals surface area contributed by atoms with Gasteiger partial charge in [0.25, 0.3) is 5.91 Å². The molecule has 4 rings (SSSR count). The Morgan fingerprint density at radius 3 is 2.62 bits per heavy atom. The molecule has 4 nitrogen and oxygen atoms in total. The highest BCUT2D eigenvalue weighted by Gasteiger charge is 2.20. The maximum atomic E-state index is 12.4. The van der Waals surface area contributed by atoms with Crippen molar-refractivity contribution in [3.8, 4) is 11.1 Å². The van der Waals surface area contributed by atoms with E-state index in [1.807, 2.05) is 41.8 Å². The number of nitrogens with one attached hydrogen (secondary N) is 2. The monoisotopic (exact) mass is 362 g/mol. The van der Waals surface area contributed by atoms with Crippen LogP contribution in [0.25, 0.3) is 11.1 Å². The van der Waals surface area contributed by atoms with Gasteiger partial charge in [-0.3, -0.25) is 9.59 Å². The summed E-state index contributed by atoms with van der Waals surface area (Å²) < 4.78 is 0. The van der Waals surface area contributed by atoms with E-state index in [-0.39, 0.29) is 11.8 Å². The molecule has 2 N–H and O–H groups in total. The van der Waals surface area contributed by atoms with Crippen LogP contribution in [0, 0.1) is 0 Å². The molecule has 130 valence electrons. The van der Waals surface area contributed by atoms with Gasteiger partial charge in [0, 0.05) is 5.69 Å². The highest BCUT2D eigenvalue weighted by atomic mass is 32.1. The fourth-order valence-corrected chi connectivity index (χ4v) is 3.84. The number of amides is 2. The molecule has 0 fully saturated rings. The Morgan fingerprint density at radius 2 is 1.81 bits per heavy atom. The van der Waals surface area contributed by atoms with Crippen molar-refractivity contribution < 1.29 is 9.59 Å². The molecule has 1 aliphatic carbocycles. The summed E-state index contributed by atoms with van der Waals surface area (Å²) in [5.74, 6) is -0.461. The summed E-state index contributed by atoms with van der Waals surface area (Å²) in [6.07, 6.45) is 0.875. The van der Waals surface area contributed by atoms with Gasteiger partial charge in [0.2, 0.25) is 5.91 Å². The third-order valence-corrected chi connectivity index (χ3v) is 5.42. The van der Waals surface area contributed by atoms with Crippen molar-refractivity contribution in [1.29, 1.82) is 0 Å². The minimum atomic E-state index is -0.616. The summed E-state index contributed by atoms with van der Waals surface area (Å²) in [4.78, 5) is 25.1. The predicted molar refractivity (Wildman–Crippen MR) is 105 cm³/mol. The minimum Gasteiger partial charge on any atom is -0.340 e. The minimum absolute atomic E-state index is 0.230. The first kappa shape index (κ1) is 16.5. The molecule has 1 aromatic heterocycles. The second kappa shape index (κ2) is 6.77. The van der Waals surface area contributed by atoms with E-state index in [9.17, 15) is 9.59 Å². The highest BCUT2D eigenvalue weighted by Crippen LogP contribution is 2.37. The van der Waals surface area contributed by atoms with E-state index in [4.69, 9.17) is 0 Å². The zero-order chi connectivity index (χ0) is 18.1. The molecule has 0 saturated carbocycles. The Morgan fingerprint density at radius 1 is 1.00 bits per heavy atom. The Kier molecular flexibility index (Phi) is 4.31. The van der Waals surface area contributed by atoms with E-state index < -0.39 is 6.04 Å². The van der Waals surface area contributed by atoms with Gasteiger partial charge >= 0.3 is 0 Å². The fourth-order valence-electron chi connectivity index (χ4n) is 3.21. The molecule has 2 aromatic carbocycles. The maximum Gasteiger partial charge on any atom is 0.261 e. The third-order valence-electron chi connectivity index (χ3n) is 4.55. The normalized spacial score (nSPS) is 12.8. The predicted octanol–water partition coefficient (Wildman–Crippen LogP) is 4.08. The number of hydrogen-bond donors (Lipinski definition) is 2. The lowest BCUT2D eigenvalue weighted by molar-refractivity contribution is -0.117. The molecule has 0 spiro atoms. The standard InChI is InChI=1S/C21H18N2O2S/c1-13(22-21(25)19-7-4-10-26-19)20(24)23-16-8-9-18-15(12-16)11-14-5-2-3-6-17(14)18/h2-10,12-13H,11H2,1H3,(H,22,25)(H,23,24). The zero-order valence-corrected chi connectivity index (χ0v) is 15.1. The van der Waals surface area contributed by atoms with E-state index in [2.05, 4.69) is 22.8 Å². The molecule has 0 saturated heterocycles. The van der Waals surface area contributed by atoms with Gasteiger partial charge in [-0.05, 0) is 59.2 Å². The van der Waals surface area contributed by atoms with Crippen LogP contribution in [0.1, 0.15) is 27.7 Å². The van der Waals surface area contributed by atoms with Crippen LogP contribution >= 0.6 is 11.3 Å². The van der Waals surface area contributed by atoms with Crippen molar-refractivity contribution in [3.63, 3.8) is 0 Å². The second-order valence-electron chi connectivity index (χ2n) is 6.37. The van der Waals surface area contributed by atoms with Gasteiger partial charge in [-0.25, -0.2) is 0 Å². The van der Waals surface area contributed by atoms with Crippen LogP contribution in [-0.4, -0.2) is 17.9 Å². The van der Waals surface area contributed by atoms with E-state index in [0.29, 0.717) is 4.88 Å². The van der Waals surface area contributed by atoms with Crippen LogP contribution < -0.4 is 10.6 Å². The SMILES string of the molecule is CC(NC(=O)c1cccs1)C(=O)Nc1ccc2c(c1)Cc1ccccc1-2. The van der Waals surface area contributed by atoms with Gasteiger partial charge in [0.05, 0.1) is 4.88 Å². The number of carbonyl (C=O) groups excluding carboxylic acids is 2. The van der Waals surface area contributed by atoms with Crippen molar-refractivity contribution >= 4 is 28.8 Å². The maximum absolute atomic E-state index is 12.4. The Labute approximate surface area is 155 Å². The largest absolute Gasteiger partial charge is 0.340 e. The molecule has 1 aliphatic rings. The molecule has 2 amide bonds. The van der Waals surface area contributed by atoms with Gasteiger partial charge in [0.1, 0.15) is 6.04 Å². The number of thiophene rings is 1. The van der Waals surface area contributed by atoms with Crippen molar-refractivity contribution in [2.75, 3.05) is 5.32 Å². The Balaban J connectivity index is 1.44. The lowest BCUT2D eigenvalue weighted by Gasteiger charge is -2.14. The summed E-state index contributed by atoms with van der Waals surface area (Å²) in [7, 11) is 0. The molecule has 26 heavy (non-hydrogen) atoms. The first-order valence-electron chi connectivity index (χ1n) is 8.48. The van der Waals surface area contributed by atoms with Gasteiger partial charge < -0.3 is 10.6 Å². The first-order valence-corrected chi connectivity index (χ1v) is 9.36. The van der Waals surface area contributed by atoms with Crippen LogP contribution in [0.4, 0.5) is 5.69 Å². The van der Waals surface area contributed by atoms with Crippen LogP contribution in [0.15, 0.2) is 60.0 Å². The zero-order valence-electron chi connectivity index (χ0n) is 14.3. The number of carbonyl (C=O) groups is 2. The Hall–Kier alpha value is -2.92. The van der Waals surface area contributed by atoms with Crippen molar-refractivity contribution in [1.82, 2.24) is 5.32 Å². The molecule has 1 atom stereocenters. The third kappa shape index (κ3) is 3.13. The van der Waals surface area contributed by atoms with Crippen molar-refractivity contribution in [2.24, 2.45) is 0 Å². The van der Waals surface area contributed by atoms with Crippen LogP contribution in [-0.2, 0) is 11.2 Å². The van der Waals surface area contributed by atoms with E-state index >= 15 is 0 Å². The Bertz CT molecular complexity index is 979. The fraction of sp³-hybridized carbons (Fsp3) is 0.143. The summed E-state index contributed by atoms with van der Waals surface area (Å²) in [6.45, 7) is 1.68. The van der Waals surface area contributed by atoms with Crippen LogP contribution in [0.2, 0.25) is 0 Å². The summed E-state index contributed by atoms with van der Waals surface area (Å²) in [5.41, 5.74) is 5.75. The number of hydrogen-bond acceptors (Lipinski definition) is 3. The highest BCUT2D eigenvalue weighted by molar-refractivity contribution is 7.12. The first-order chi connectivity index (χ1) is 12.6. The van der Waals surface area contributed by atoms with Gasteiger partial charge in [-0.2, -0.15) is 0 Å². The average Bonchev–Trinajstić information content (AvgIpc) is 3.29. The molecule has 0 aliphatic heterocycles. The van der Waals surface area contributed by atoms with Crippen LogP contribution in [0.5, 0.6) is 0 Å². The van der Waals surface area contributed by atoms with Crippen molar-refractivity contribution in [2.45, 2.75) is 19.4 Å². The van der Waals surface area contributed by atoms with E-state index in [0.717, 1.165) is 12.1 Å². The number of rotatable bonds is 4. The molecular weight excluding hydrogens is 344 g/mol. The van der Waals surface area contributed by atoms with Crippen LogP contribution in [0.3, 0.4) is 0 Å². The van der Waals surface area contributed by atoms with Gasteiger partial charge in [-0.15, -0.1) is 11.3 Å². The number of anilines is 1. The second-order valence-corrected chi connectivity index (χ2v) is 7.32. The molecule has 5 heteroatoms. The topological polar surface area (TPSA) is 58.2 Å². The molecular formula is C21H18N2O2S. The lowest BCUT2D eigenvalue weighted by Crippen LogP contribution is -2.41. The molecule has 3 aromatic rings. The summed E-state index contributed by atoms with van der Waals surface area (Å²) in [6, 6.07) is 17.3. The number of benzene rings is 2. The molecule has 0 bridgehead atoms. The molecule has 1 heterocycles. The molecule has 0 radical (unpaired) electrons. The lowest BCUT2D eigenvalue weighted by atomic mass is 10.1. The smallest absolute Gasteiger partial charge is 0.261 e. The quantitative estimate of drug-likeness (QED) is 0.575. The van der Waals surface area contributed by atoms with Gasteiger partial charge in [-0.1, -0.05) is 36.4 Å². The number of fused-ring (bicyclic) bond motifs is 3. The van der Waals surface area contributed by atoms with E-state index in [1.165, 1.54) is 33.6 Å². The average molecular weight is 362 g/mol. The van der Waals surface area contributed by atoms with E-state index in [1.54, 1.807) is 13.0 Å². The summed E-state index contributed by atoms with van der Waals surface area (Å²) in [5, 5.41) is 7.46. The molecule has 1 unspecified atom stereocenters.